The molecule has 2 aromatic carbocycles. The van der Waals surface area contributed by atoms with Gasteiger partial charge in [-0.1, -0.05) is 12.1 Å². The van der Waals surface area contributed by atoms with E-state index in [0.717, 1.165) is 33.6 Å². The van der Waals surface area contributed by atoms with Gasteiger partial charge < -0.3 is 10.8 Å². The number of halogens is 1. The highest BCUT2D eigenvalue weighted by Gasteiger charge is 2.09. The maximum absolute atomic E-state index is 13.1. The van der Waals surface area contributed by atoms with Gasteiger partial charge in [-0.05, 0) is 59.2 Å². The number of fused-ring (bicyclic) bond motifs is 1. The molecule has 3 N–H and O–H groups in total. The molecular formula is C20H16FN3O. The Morgan fingerprint density at radius 2 is 1.76 bits per heavy atom. The van der Waals surface area contributed by atoms with E-state index in [1.54, 1.807) is 24.4 Å². The lowest BCUT2D eigenvalue weighted by molar-refractivity contribution is 0.282. The normalized spacial score (nSPS) is 11.1. The van der Waals surface area contributed by atoms with Crippen molar-refractivity contribution in [2.45, 2.75) is 6.61 Å². The summed E-state index contributed by atoms with van der Waals surface area (Å²) in [5.41, 5.74) is 11.7. The standard InChI is InChI=1S/C20H16FN3O/c21-17-3-1-14(2-4-17)15-5-6-24-19(11-23-20(24)10-15)16-7-13(12-25)8-18(22)9-16/h1-11,25H,12,22H2. The number of benzene rings is 2. The predicted octanol–water partition coefficient (Wildman–Crippen LogP) is 3.88. The molecule has 0 bridgehead atoms. The largest absolute Gasteiger partial charge is 0.399 e. The fraction of sp³-hybridized carbons (Fsp3) is 0.0500. The van der Waals surface area contributed by atoms with E-state index in [9.17, 15) is 9.50 Å². The molecule has 5 heteroatoms. The van der Waals surface area contributed by atoms with Gasteiger partial charge >= 0.3 is 0 Å². The monoisotopic (exact) mass is 333 g/mol. The van der Waals surface area contributed by atoms with Gasteiger partial charge in [0.05, 0.1) is 18.5 Å². The first-order valence-electron chi connectivity index (χ1n) is 7.88. The zero-order valence-corrected chi connectivity index (χ0v) is 13.4. The van der Waals surface area contributed by atoms with Crippen molar-refractivity contribution in [2.24, 2.45) is 0 Å². The molecule has 0 fully saturated rings. The maximum Gasteiger partial charge on any atom is 0.137 e. The summed E-state index contributed by atoms with van der Waals surface area (Å²) in [5.74, 6) is -0.255. The Morgan fingerprint density at radius 1 is 0.960 bits per heavy atom. The minimum Gasteiger partial charge on any atom is -0.399 e. The van der Waals surface area contributed by atoms with Crippen molar-refractivity contribution < 1.29 is 9.50 Å². The molecule has 0 atom stereocenters. The average Bonchev–Trinajstić information content (AvgIpc) is 3.05. The second-order valence-electron chi connectivity index (χ2n) is 5.92. The average molecular weight is 333 g/mol. The van der Waals surface area contributed by atoms with Gasteiger partial charge in [-0.25, -0.2) is 9.37 Å². The molecule has 4 rings (SSSR count). The third-order valence-corrected chi connectivity index (χ3v) is 4.18. The van der Waals surface area contributed by atoms with Gasteiger partial charge in [0, 0.05) is 17.4 Å². The minimum absolute atomic E-state index is 0.0660. The summed E-state index contributed by atoms with van der Waals surface area (Å²) in [6.45, 7) is -0.0660. The molecule has 2 heterocycles. The number of nitrogens with zero attached hydrogens (tertiary/aromatic N) is 2. The minimum atomic E-state index is -0.255. The van der Waals surface area contributed by atoms with Crippen LogP contribution in [0.5, 0.6) is 0 Å². The van der Waals surface area contributed by atoms with Crippen molar-refractivity contribution in [2.75, 3.05) is 5.73 Å². The van der Waals surface area contributed by atoms with Crippen molar-refractivity contribution >= 4 is 11.3 Å². The number of hydrogen-bond acceptors (Lipinski definition) is 3. The molecule has 0 radical (unpaired) electrons. The predicted molar refractivity (Wildman–Crippen MR) is 96.4 cm³/mol. The fourth-order valence-electron chi connectivity index (χ4n) is 2.97. The molecule has 4 nitrogen and oxygen atoms in total. The first-order chi connectivity index (χ1) is 12.1. The summed E-state index contributed by atoms with van der Waals surface area (Å²) in [7, 11) is 0. The van der Waals surface area contributed by atoms with E-state index >= 15 is 0 Å². The zero-order valence-electron chi connectivity index (χ0n) is 13.4. The van der Waals surface area contributed by atoms with Crippen LogP contribution in [0.15, 0.2) is 67.0 Å². The number of imidazole rings is 1. The SMILES string of the molecule is Nc1cc(CO)cc(-c2cnc3cc(-c4ccc(F)cc4)ccn23)c1. The van der Waals surface area contributed by atoms with Gasteiger partial charge in [-0.15, -0.1) is 0 Å². The highest BCUT2D eigenvalue weighted by molar-refractivity contribution is 5.72. The van der Waals surface area contributed by atoms with Gasteiger partial charge in [0.2, 0.25) is 0 Å². The van der Waals surface area contributed by atoms with Crippen LogP contribution in [0, 0.1) is 5.82 Å². The molecule has 0 aliphatic heterocycles. The number of rotatable bonds is 3. The van der Waals surface area contributed by atoms with E-state index in [1.807, 2.05) is 34.9 Å². The molecule has 4 aromatic rings. The highest BCUT2D eigenvalue weighted by Crippen LogP contribution is 2.27. The molecule has 124 valence electrons. The van der Waals surface area contributed by atoms with Crippen molar-refractivity contribution in [1.29, 1.82) is 0 Å². The van der Waals surface area contributed by atoms with Gasteiger partial charge in [-0.3, -0.25) is 4.40 Å². The quantitative estimate of drug-likeness (QED) is 0.559. The van der Waals surface area contributed by atoms with E-state index < -0.39 is 0 Å². The Hall–Kier alpha value is -3.18. The number of nitrogens with two attached hydrogens (primary N) is 1. The van der Waals surface area contributed by atoms with Crippen molar-refractivity contribution in [3.63, 3.8) is 0 Å². The van der Waals surface area contributed by atoms with Gasteiger partial charge in [0.15, 0.2) is 0 Å². The van der Waals surface area contributed by atoms with Crippen LogP contribution in [0.2, 0.25) is 0 Å². The summed E-state index contributed by atoms with van der Waals surface area (Å²) in [4.78, 5) is 4.47. The number of aliphatic hydroxyl groups excluding tert-OH is 1. The van der Waals surface area contributed by atoms with E-state index in [4.69, 9.17) is 5.73 Å². The van der Waals surface area contributed by atoms with Crippen molar-refractivity contribution in [3.8, 4) is 22.4 Å². The Labute approximate surface area is 144 Å². The summed E-state index contributed by atoms with van der Waals surface area (Å²) < 4.78 is 15.1. The lowest BCUT2D eigenvalue weighted by Crippen LogP contribution is -1.94. The fourth-order valence-corrected chi connectivity index (χ4v) is 2.97. The molecule has 2 aromatic heterocycles. The number of nitrogen functional groups attached to an aromatic ring is 1. The topological polar surface area (TPSA) is 63.5 Å². The van der Waals surface area contributed by atoms with Crippen LogP contribution in [0.4, 0.5) is 10.1 Å². The van der Waals surface area contributed by atoms with E-state index in [-0.39, 0.29) is 12.4 Å². The Bertz CT molecular complexity index is 1050. The van der Waals surface area contributed by atoms with E-state index in [2.05, 4.69) is 4.98 Å². The van der Waals surface area contributed by atoms with Gasteiger partial charge in [-0.2, -0.15) is 0 Å². The van der Waals surface area contributed by atoms with Crippen LogP contribution < -0.4 is 5.73 Å². The van der Waals surface area contributed by atoms with Gasteiger partial charge in [0.25, 0.3) is 0 Å². The molecule has 25 heavy (non-hydrogen) atoms. The zero-order chi connectivity index (χ0) is 17.4. The molecule has 0 aliphatic rings. The maximum atomic E-state index is 13.1. The molecule has 0 saturated heterocycles. The van der Waals surface area contributed by atoms with Crippen LogP contribution in [0.3, 0.4) is 0 Å². The lowest BCUT2D eigenvalue weighted by Gasteiger charge is -2.07. The summed E-state index contributed by atoms with van der Waals surface area (Å²) in [6.07, 6.45) is 3.71. The molecule has 0 amide bonds. The molecule has 0 unspecified atom stereocenters. The van der Waals surface area contributed by atoms with E-state index in [0.29, 0.717) is 5.69 Å². The smallest absolute Gasteiger partial charge is 0.137 e. The van der Waals surface area contributed by atoms with Crippen molar-refractivity contribution in [1.82, 2.24) is 9.38 Å². The molecule has 0 aliphatic carbocycles. The number of pyridine rings is 1. The number of aromatic nitrogens is 2. The van der Waals surface area contributed by atoms with Crippen LogP contribution in [-0.4, -0.2) is 14.5 Å². The second kappa shape index (κ2) is 6.03. The Kier molecular flexibility index (Phi) is 3.71. The van der Waals surface area contributed by atoms with Gasteiger partial charge in [0.1, 0.15) is 11.5 Å². The summed E-state index contributed by atoms with van der Waals surface area (Å²) in [5, 5.41) is 9.37. The van der Waals surface area contributed by atoms with Crippen LogP contribution in [-0.2, 0) is 6.61 Å². The number of hydrogen-bond donors (Lipinski definition) is 2. The van der Waals surface area contributed by atoms with Crippen LogP contribution in [0.1, 0.15) is 5.56 Å². The number of aliphatic hydroxyl groups is 1. The van der Waals surface area contributed by atoms with Crippen molar-refractivity contribution in [3.05, 3.63) is 78.4 Å². The first kappa shape index (κ1) is 15.4. The lowest BCUT2D eigenvalue weighted by atomic mass is 10.1. The highest BCUT2D eigenvalue weighted by atomic mass is 19.1. The number of anilines is 1. The van der Waals surface area contributed by atoms with Crippen LogP contribution >= 0.6 is 0 Å². The molecule has 0 saturated carbocycles. The van der Waals surface area contributed by atoms with E-state index in [1.165, 1.54) is 12.1 Å². The second-order valence-corrected chi connectivity index (χ2v) is 5.92. The summed E-state index contributed by atoms with van der Waals surface area (Å²) >= 11 is 0. The molecule has 0 spiro atoms. The third-order valence-electron chi connectivity index (χ3n) is 4.18. The third kappa shape index (κ3) is 2.86. The molecular weight excluding hydrogens is 317 g/mol. The van der Waals surface area contributed by atoms with Crippen LogP contribution in [0.25, 0.3) is 28.0 Å². The first-order valence-corrected chi connectivity index (χ1v) is 7.88. The Morgan fingerprint density at radius 3 is 2.52 bits per heavy atom. The Balaban J connectivity index is 1.80. The summed E-state index contributed by atoms with van der Waals surface area (Å²) in [6, 6.07) is 15.8.